The molecule has 0 amide bonds. The maximum absolute atomic E-state index is 12.7. The minimum Gasteiger partial charge on any atom is -0.435 e. The number of aromatic nitrogens is 2. The van der Waals surface area contributed by atoms with Crippen molar-refractivity contribution in [3.63, 3.8) is 0 Å². The molecule has 0 aliphatic heterocycles. The fourth-order valence-electron chi connectivity index (χ4n) is 2.06. The summed E-state index contributed by atoms with van der Waals surface area (Å²) in [6, 6.07) is 8.80. The first-order valence-electron chi connectivity index (χ1n) is 7.48. The van der Waals surface area contributed by atoms with Crippen LogP contribution in [0.25, 0.3) is 0 Å². The fourth-order valence-corrected chi connectivity index (χ4v) is 3.65. The summed E-state index contributed by atoms with van der Waals surface area (Å²) < 4.78 is 33.4. The number of sulfonamides is 1. The number of benzene rings is 1. The van der Waals surface area contributed by atoms with Crippen LogP contribution in [0.5, 0.6) is 11.6 Å². The van der Waals surface area contributed by atoms with Crippen molar-refractivity contribution in [2.45, 2.75) is 11.8 Å². The van der Waals surface area contributed by atoms with Crippen LogP contribution in [-0.4, -0.2) is 18.4 Å². The van der Waals surface area contributed by atoms with E-state index in [2.05, 4.69) is 14.7 Å². The standard InChI is InChI=1S/C17H12Cl3N3O3S/c1-10-2-3-12(9-21-10)26-17-16(6-11(18)8-22-17)23-27(24,25)13-4-5-14(19)15(20)7-13/h2-9,23H,1H3. The minimum atomic E-state index is -3.98. The summed E-state index contributed by atoms with van der Waals surface area (Å²) in [6.07, 6.45) is 2.85. The number of hydrogen-bond acceptors (Lipinski definition) is 5. The summed E-state index contributed by atoms with van der Waals surface area (Å²) in [7, 11) is -3.98. The molecule has 0 saturated carbocycles. The lowest BCUT2D eigenvalue weighted by Gasteiger charge is -2.13. The molecule has 0 aliphatic rings. The fraction of sp³-hybridized carbons (Fsp3) is 0.0588. The first-order valence-corrected chi connectivity index (χ1v) is 10.1. The van der Waals surface area contributed by atoms with Gasteiger partial charge in [0.25, 0.3) is 10.0 Å². The molecule has 0 aliphatic carbocycles. The zero-order valence-corrected chi connectivity index (χ0v) is 16.9. The van der Waals surface area contributed by atoms with E-state index in [4.69, 9.17) is 39.5 Å². The third-order valence-electron chi connectivity index (χ3n) is 3.36. The van der Waals surface area contributed by atoms with Gasteiger partial charge in [0, 0.05) is 11.9 Å². The van der Waals surface area contributed by atoms with Crippen molar-refractivity contribution < 1.29 is 13.2 Å². The summed E-state index contributed by atoms with van der Waals surface area (Å²) in [5.41, 5.74) is 0.876. The number of nitrogens with zero attached hydrogens (tertiary/aromatic N) is 2. The molecule has 6 nitrogen and oxygen atoms in total. The summed E-state index contributed by atoms with van der Waals surface area (Å²) in [5.74, 6) is 0.416. The molecule has 0 unspecified atom stereocenters. The number of anilines is 1. The van der Waals surface area contributed by atoms with Gasteiger partial charge in [-0.1, -0.05) is 34.8 Å². The smallest absolute Gasteiger partial charge is 0.262 e. The van der Waals surface area contributed by atoms with Gasteiger partial charge in [-0.25, -0.2) is 13.4 Å². The Morgan fingerprint density at radius 1 is 0.963 bits per heavy atom. The Kier molecular flexibility index (Phi) is 5.76. The molecule has 0 bridgehead atoms. The Hall–Kier alpha value is -2.06. The number of pyridine rings is 2. The molecule has 0 radical (unpaired) electrons. The highest BCUT2D eigenvalue weighted by Crippen LogP contribution is 2.32. The topological polar surface area (TPSA) is 81.2 Å². The third kappa shape index (κ3) is 4.81. The summed E-state index contributed by atoms with van der Waals surface area (Å²) in [4.78, 5) is 8.10. The lowest BCUT2D eigenvalue weighted by molar-refractivity contribution is 0.463. The molecule has 1 aromatic carbocycles. The van der Waals surface area contributed by atoms with E-state index in [0.29, 0.717) is 5.75 Å². The summed E-state index contributed by atoms with van der Waals surface area (Å²) in [5, 5.41) is 0.595. The molecule has 0 spiro atoms. The first-order chi connectivity index (χ1) is 12.7. The lowest BCUT2D eigenvalue weighted by Crippen LogP contribution is -2.14. The molecule has 27 heavy (non-hydrogen) atoms. The molecule has 1 N–H and O–H groups in total. The quantitative estimate of drug-likeness (QED) is 0.574. The van der Waals surface area contributed by atoms with Gasteiger partial charge in [-0.3, -0.25) is 9.71 Å². The second kappa shape index (κ2) is 7.90. The lowest BCUT2D eigenvalue weighted by atomic mass is 10.4. The van der Waals surface area contributed by atoms with Crippen LogP contribution in [0, 0.1) is 6.92 Å². The monoisotopic (exact) mass is 443 g/mol. The molecule has 2 heterocycles. The second-order valence-electron chi connectivity index (χ2n) is 5.43. The van der Waals surface area contributed by atoms with E-state index in [1.54, 1.807) is 12.1 Å². The molecule has 3 aromatic rings. The van der Waals surface area contributed by atoms with Gasteiger partial charge >= 0.3 is 0 Å². The zero-order chi connectivity index (χ0) is 19.6. The predicted octanol–water partition coefficient (Wildman–Crippen LogP) is 5.34. The van der Waals surface area contributed by atoms with Gasteiger partial charge in [-0.05, 0) is 43.3 Å². The largest absolute Gasteiger partial charge is 0.435 e. The highest BCUT2D eigenvalue weighted by molar-refractivity contribution is 7.92. The van der Waals surface area contributed by atoms with Crippen LogP contribution in [0.4, 0.5) is 5.69 Å². The van der Waals surface area contributed by atoms with Gasteiger partial charge in [0.05, 0.1) is 26.2 Å². The first kappa shape index (κ1) is 19.7. The number of halogens is 3. The molecule has 3 rings (SSSR count). The predicted molar refractivity (Wildman–Crippen MR) is 106 cm³/mol. The van der Waals surface area contributed by atoms with Crippen LogP contribution >= 0.6 is 34.8 Å². The van der Waals surface area contributed by atoms with E-state index in [9.17, 15) is 8.42 Å². The van der Waals surface area contributed by atoms with E-state index < -0.39 is 10.0 Å². The number of rotatable bonds is 5. The molecular weight excluding hydrogens is 433 g/mol. The van der Waals surface area contributed by atoms with Crippen LogP contribution < -0.4 is 9.46 Å². The van der Waals surface area contributed by atoms with E-state index >= 15 is 0 Å². The van der Waals surface area contributed by atoms with E-state index in [-0.39, 0.29) is 31.5 Å². The highest BCUT2D eigenvalue weighted by Gasteiger charge is 2.19. The van der Waals surface area contributed by atoms with Crippen molar-refractivity contribution in [1.29, 1.82) is 0 Å². The van der Waals surface area contributed by atoms with Crippen molar-refractivity contribution >= 4 is 50.5 Å². The van der Waals surface area contributed by atoms with Crippen molar-refractivity contribution in [1.82, 2.24) is 9.97 Å². The van der Waals surface area contributed by atoms with Gasteiger partial charge in [-0.2, -0.15) is 0 Å². The van der Waals surface area contributed by atoms with Gasteiger partial charge in [0.1, 0.15) is 11.4 Å². The van der Waals surface area contributed by atoms with E-state index in [0.717, 1.165) is 5.69 Å². The maximum Gasteiger partial charge on any atom is 0.262 e. The SMILES string of the molecule is Cc1ccc(Oc2ncc(Cl)cc2NS(=O)(=O)c2ccc(Cl)c(Cl)c2)cn1. The highest BCUT2D eigenvalue weighted by atomic mass is 35.5. The Bertz CT molecular complexity index is 1090. The Balaban J connectivity index is 1.94. The molecule has 0 fully saturated rings. The molecule has 0 saturated heterocycles. The number of nitrogens with one attached hydrogen (secondary N) is 1. The molecule has 140 valence electrons. The third-order valence-corrected chi connectivity index (χ3v) is 5.67. The van der Waals surface area contributed by atoms with Gasteiger partial charge < -0.3 is 4.74 Å². The van der Waals surface area contributed by atoms with Crippen molar-refractivity contribution in [2.75, 3.05) is 4.72 Å². The Labute approximate surface area is 171 Å². The van der Waals surface area contributed by atoms with Crippen molar-refractivity contribution in [2.24, 2.45) is 0 Å². The minimum absolute atomic E-state index is 0.0219. The number of aryl methyl sites for hydroxylation is 1. The maximum atomic E-state index is 12.7. The molecule has 0 atom stereocenters. The Morgan fingerprint density at radius 3 is 2.41 bits per heavy atom. The van der Waals surface area contributed by atoms with Crippen LogP contribution in [0.2, 0.25) is 15.1 Å². The average Bonchev–Trinajstić information content (AvgIpc) is 2.61. The van der Waals surface area contributed by atoms with Gasteiger partial charge in [0.2, 0.25) is 5.88 Å². The summed E-state index contributed by atoms with van der Waals surface area (Å²) in [6.45, 7) is 1.83. The van der Waals surface area contributed by atoms with Crippen molar-refractivity contribution in [3.05, 3.63) is 69.6 Å². The van der Waals surface area contributed by atoms with Crippen LogP contribution in [0.1, 0.15) is 5.69 Å². The van der Waals surface area contributed by atoms with Crippen LogP contribution in [-0.2, 0) is 10.0 Å². The zero-order valence-electron chi connectivity index (χ0n) is 13.8. The van der Waals surface area contributed by atoms with Crippen LogP contribution in [0.15, 0.2) is 53.7 Å². The van der Waals surface area contributed by atoms with Gasteiger partial charge in [-0.15, -0.1) is 0 Å². The normalized spacial score (nSPS) is 11.3. The average molecular weight is 445 g/mol. The van der Waals surface area contributed by atoms with E-state index in [1.807, 2.05) is 6.92 Å². The van der Waals surface area contributed by atoms with Crippen molar-refractivity contribution in [3.8, 4) is 11.6 Å². The molecular formula is C17H12Cl3N3O3S. The van der Waals surface area contributed by atoms with E-state index in [1.165, 1.54) is 36.7 Å². The number of hydrogen-bond donors (Lipinski definition) is 1. The number of ether oxygens (including phenoxy) is 1. The Morgan fingerprint density at radius 2 is 1.74 bits per heavy atom. The van der Waals surface area contributed by atoms with Gasteiger partial charge in [0.15, 0.2) is 0 Å². The van der Waals surface area contributed by atoms with Crippen LogP contribution in [0.3, 0.4) is 0 Å². The molecule has 10 heteroatoms. The summed E-state index contributed by atoms with van der Waals surface area (Å²) >= 11 is 17.7. The second-order valence-corrected chi connectivity index (χ2v) is 8.36. The molecule has 2 aromatic heterocycles.